The smallest absolute Gasteiger partial charge is 0.137 e. The lowest BCUT2D eigenvalue weighted by molar-refractivity contribution is 0.590. The number of nitrogens with zero attached hydrogens (tertiary/aromatic N) is 2. The minimum Gasteiger partial charge on any atom is -0.313 e. The van der Waals surface area contributed by atoms with Crippen molar-refractivity contribution in [3.8, 4) is 11.3 Å². The molecule has 0 fully saturated rings. The van der Waals surface area contributed by atoms with Crippen LogP contribution in [0.1, 0.15) is 38.8 Å². The molecule has 3 nitrogen and oxygen atoms in total. The van der Waals surface area contributed by atoms with Crippen LogP contribution in [0.3, 0.4) is 0 Å². The molecule has 0 aliphatic carbocycles. The zero-order valence-corrected chi connectivity index (χ0v) is 14.4. The molecule has 0 saturated heterocycles. The van der Waals surface area contributed by atoms with Gasteiger partial charge in [-0.15, -0.1) is 0 Å². The maximum absolute atomic E-state index is 4.78. The van der Waals surface area contributed by atoms with Crippen LogP contribution in [-0.4, -0.2) is 15.9 Å². The average molecular weight is 307 g/mol. The fourth-order valence-corrected chi connectivity index (χ4v) is 2.68. The summed E-state index contributed by atoms with van der Waals surface area (Å²) in [6, 6.07) is 13.0. The van der Waals surface area contributed by atoms with Gasteiger partial charge in [0.1, 0.15) is 5.65 Å². The molecule has 0 aliphatic heterocycles. The van der Waals surface area contributed by atoms with Gasteiger partial charge in [0.2, 0.25) is 0 Å². The number of hydrogen-bond donors (Lipinski definition) is 1. The van der Waals surface area contributed by atoms with Gasteiger partial charge < -0.3 is 9.72 Å². The molecule has 0 aliphatic rings. The van der Waals surface area contributed by atoms with Gasteiger partial charge in [-0.3, -0.25) is 0 Å². The van der Waals surface area contributed by atoms with Gasteiger partial charge in [-0.2, -0.15) is 0 Å². The molecule has 23 heavy (non-hydrogen) atoms. The Morgan fingerprint density at radius 1 is 1.09 bits per heavy atom. The summed E-state index contributed by atoms with van der Waals surface area (Å²) in [5.74, 6) is 0. The summed E-state index contributed by atoms with van der Waals surface area (Å²) in [7, 11) is 0. The summed E-state index contributed by atoms with van der Waals surface area (Å²) in [6.07, 6.45) is 4.18. The van der Waals surface area contributed by atoms with E-state index < -0.39 is 0 Å². The number of fused-ring (bicyclic) bond motifs is 1. The van der Waals surface area contributed by atoms with Crippen molar-refractivity contribution < 1.29 is 0 Å². The number of benzene rings is 1. The van der Waals surface area contributed by atoms with Crippen LogP contribution in [0.4, 0.5) is 0 Å². The van der Waals surface area contributed by atoms with Gasteiger partial charge in [0.15, 0.2) is 0 Å². The zero-order chi connectivity index (χ0) is 16.4. The topological polar surface area (TPSA) is 29.3 Å². The third-order valence-corrected chi connectivity index (χ3v) is 4.15. The molecule has 3 heteroatoms. The maximum atomic E-state index is 4.78. The highest BCUT2D eigenvalue weighted by Gasteiger charge is 2.13. The molecule has 1 N–H and O–H groups in total. The quantitative estimate of drug-likeness (QED) is 0.773. The van der Waals surface area contributed by atoms with Gasteiger partial charge in [0.05, 0.1) is 5.69 Å². The highest BCUT2D eigenvalue weighted by Crippen LogP contribution is 2.26. The first-order valence-corrected chi connectivity index (χ1v) is 8.26. The van der Waals surface area contributed by atoms with Gasteiger partial charge in [-0.05, 0) is 35.2 Å². The molecular weight excluding hydrogens is 282 g/mol. The summed E-state index contributed by atoms with van der Waals surface area (Å²) in [4.78, 5) is 4.78. The molecule has 1 aromatic carbocycles. The van der Waals surface area contributed by atoms with E-state index in [1.54, 1.807) is 0 Å². The van der Waals surface area contributed by atoms with Crippen molar-refractivity contribution in [2.75, 3.05) is 6.54 Å². The molecule has 3 aromatic rings. The summed E-state index contributed by atoms with van der Waals surface area (Å²) >= 11 is 0. The van der Waals surface area contributed by atoms with Gasteiger partial charge in [-0.1, -0.05) is 52.0 Å². The first-order valence-electron chi connectivity index (χ1n) is 8.26. The number of nitrogens with one attached hydrogen (secondary N) is 1. The summed E-state index contributed by atoms with van der Waals surface area (Å²) in [5, 5.41) is 3.35. The van der Waals surface area contributed by atoms with Crippen LogP contribution in [0, 0.1) is 0 Å². The highest BCUT2D eigenvalue weighted by molar-refractivity contribution is 5.63. The largest absolute Gasteiger partial charge is 0.313 e. The van der Waals surface area contributed by atoms with E-state index in [0.29, 0.717) is 0 Å². The first-order chi connectivity index (χ1) is 11.0. The molecule has 0 amide bonds. The van der Waals surface area contributed by atoms with Crippen LogP contribution < -0.4 is 5.32 Å². The number of hydrogen-bond acceptors (Lipinski definition) is 2. The molecule has 2 heterocycles. The minimum atomic E-state index is 0.179. The molecular formula is C20H25N3. The Balaban J connectivity index is 1.90. The van der Waals surface area contributed by atoms with Crippen LogP contribution in [0.25, 0.3) is 16.9 Å². The Morgan fingerprint density at radius 2 is 1.83 bits per heavy atom. The highest BCUT2D eigenvalue weighted by atomic mass is 15.0. The zero-order valence-electron chi connectivity index (χ0n) is 14.4. The Kier molecular flexibility index (Phi) is 4.22. The molecule has 120 valence electrons. The predicted molar refractivity (Wildman–Crippen MR) is 96.7 cm³/mol. The van der Waals surface area contributed by atoms with Gasteiger partial charge in [-0.25, -0.2) is 4.98 Å². The maximum Gasteiger partial charge on any atom is 0.137 e. The lowest BCUT2D eigenvalue weighted by atomic mass is 9.86. The molecule has 0 saturated carbocycles. The van der Waals surface area contributed by atoms with Crippen molar-refractivity contribution in [2.45, 2.75) is 39.7 Å². The fraction of sp³-hybridized carbons (Fsp3) is 0.350. The second-order valence-electron chi connectivity index (χ2n) is 7.03. The second kappa shape index (κ2) is 6.17. The lowest BCUT2D eigenvalue weighted by Crippen LogP contribution is -2.11. The van der Waals surface area contributed by atoms with E-state index in [9.17, 15) is 0 Å². The summed E-state index contributed by atoms with van der Waals surface area (Å²) < 4.78 is 2.09. The first kappa shape index (κ1) is 15.8. The van der Waals surface area contributed by atoms with Crippen molar-refractivity contribution >= 4 is 5.65 Å². The minimum absolute atomic E-state index is 0.179. The summed E-state index contributed by atoms with van der Waals surface area (Å²) in [6.45, 7) is 10.7. The van der Waals surface area contributed by atoms with E-state index in [1.165, 1.54) is 11.1 Å². The van der Waals surface area contributed by atoms with Gasteiger partial charge >= 0.3 is 0 Å². The van der Waals surface area contributed by atoms with E-state index in [0.717, 1.165) is 30.0 Å². The van der Waals surface area contributed by atoms with E-state index in [-0.39, 0.29) is 5.41 Å². The monoisotopic (exact) mass is 307 g/mol. The number of aromatic nitrogens is 2. The molecule has 3 rings (SSSR count). The van der Waals surface area contributed by atoms with Crippen molar-refractivity contribution in [3.05, 3.63) is 59.9 Å². The normalized spacial score (nSPS) is 12.0. The van der Waals surface area contributed by atoms with Crippen molar-refractivity contribution in [1.29, 1.82) is 0 Å². The van der Waals surface area contributed by atoms with Crippen LogP contribution in [0.5, 0.6) is 0 Å². The second-order valence-corrected chi connectivity index (χ2v) is 7.03. The lowest BCUT2D eigenvalue weighted by Gasteiger charge is -2.18. The molecule has 2 aromatic heterocycles. The van der Waals surface area contributed by atoms with Gasteiger partial charge in [0.25, 0.3) is 0 Å². The average Bonchev–Trinajstić information content (AvgIpc) is 2.95. The Hall–Kier alpha value is -2.13. The van der Waals surface area contributed by atoms with Gasteiger partial charge in [0, 0.05) is 24.5 Å². The van der Waals surface area contributed by atoms with E-state index >= 15 is 0 Å². The molecule has 0 radical (unpaired) electrons. The molecule has 0 bridgehead atoms. The molecule has 0 unspecified atom stereocenters. The SMILES string of the molecule is CCNCc1ccn2cc(-c3ccc(C(C)(C)C)cc3)nc2c1. The van der Waals surface area contributed by atoms with E-state index in [1.807, 2.05) is 0 Å². The van der Waals surface area contributed by atoms with Crippen LogP contribution in [0.15, 0.2) is 48.8 Å². The van der Waals surface area contributed by atoms with Crippen LogP contribution in [0.2, 0.25) is 0 Å². The predicted octanol–water partition coefficient (Wildman–Crippen LogP) is 4.41. The van der Waals surface area contributed by atoms with Crippen molar-refractivity contribution in [3.63, 3.8) is 0 Å². The number of pyridine rings is 1. The van der Waals surface area contributed by atoms with Crippen molar-refractivity contribution in [2.24, 2.45) is 0 Å². The Labute approximate surface area is 138 Å². The standard InChI is InChI=1S/C20H25N3/c1-5-21-13-15-10-11-23-14-18(22-19(23)12-15)16-6-8-17(9-7-16)20(2,3)4/h6-12,14,21H,5,13H2,1-4H3. The van der Waals surface area contributed by atoms with Crippen LogP contribution in [-0.2, 0) is 12.0 Å². The van der Waals surface area contributed by atoms with Crippen LogP contribution >= 0.6 is 0 Å². The third-order valence-electron chi connectivity index (χ3n) is 4.15. The summed E-state index contributed by atoms with van der Waals surface area (Å²) in [5.41, 5.74) is 5.97. The Bertz CT molecular complexity index is 792. The third kappa shape index (κ3) is 3.45. The van der Waals surface area contributed by atoms with E-state index in [4.69, 9.17) is 4.98 Å². The van der Waals surface area contributed by atoms with Crippen molar-refractivity contribution in [1.82, 2.24) is 14.7 Å². The molecule has 0 atom stereocenters. The number of rotatable bonds is 4. The number of imidazole rings is 1. The molecule has 0 spiro atoms. The fourth-order valence-electron chi connectivity index (χ4n) is 2.68. The van der Waals surface area contributed by atoms with E-state index in [2.05, 4.69) is 86.2 Å². The Morgan fingerprint density at radius 3 is 2.48 bits per heavy atom.